The average molecular weight is 349 g/mol. The summed E-state index contributed by atoms with van der Waals surface area (Å²) in [6.07, 6.45) is 3.85. The highest BCUT2D eigenvalue weighted by Gasteiger charge is 2.33. The minimum absolute atomic E-state index is 0.00438. The van der Waals surface area contributed by atoms with Crippen molar-refractivity contribution in [3.63, 3.8) is 0 Å². The maximum atomic E-state index is 13.4. The van der Waals surface area contributed by atoms with E-state index >= 15 is 0 Å². The monoisotopic (exact) mass is 349 g/mol. The van der Waals surface area contributed by atoms with Gasteiger partial charge in [0, 0.05) is 43.8 Å². The van der Waals surface area contributed by atoms with Crippen molar-refractivity contribution < 1.29 is 4.79 Å². The zero-order valence-electron chi connectivity index (χ0n) is 15.4. The van der Waals surface area contributed by atoms with E-state index in [1.54, 1.807) is 0 Å². The summed E-state index contributed by atoms with van der Waals surface area (Å²) in [6.45, 7) is 2.64. The molecule has 0 spiro atoms. The number of rotatable bonds is 3. The van der Waals surface area contributed by atoms with Crippen LogP contribution in [0.3, 0.4) is 0 Å². The molecule has 2 aromatic heterocycles. The van der Waals surface area contributed by atoms with Gasteiger partial charge in [-0.25, -0.2) is 9.97 Å². The summed E-state index contributed by atoms with van der Waals surface area (Å²) in [4.78, 5) is 24.3. The van der Waals surface area contributed by atoms with Crippen molar-refractivity contribution in [2.24, 2.45) is 7.05 Å². The molecule has 0 radical (unpaired) electrons. The van der Waals surface area contributed by atoms with E-state index in [-0.39, 0.29) is 11.9 Å². The number of carbonyl (C=O) groups excluding carboxylic acids is 1. The fraction of sp³-hybridized carbons (Fsp3) is 0.350. The number of hydrogen-bond acceptors (Lipinski definition) is 4. The van der Waals surface area contributed by atoms with Crippen LogP contribution in [0.2, 0.25) is 0 Å². The van der Waals surface area contributed by atoms with Gasteiger partial charge in [0.2, 0.25) is 0 Å². The molecule has 6 heteroatoms. The second-order valence-corrected chi connectivity index (χ2v) is 6.80. The molecule has 1 N–H and O–H groups in total. The molecule has 1 aliphatic rings. The molecule has 3 aromatic rings. The van der Waals surface area contributed by atoms with Crippen LogP contribution < -0.4 is 5.32 Å². The molecular weight excluding hydrogens is 326 g/mol. The SMILES string of the molecule is CNc1cc(C2CCCN2C(=O)c2cn(C)c3ccccc23)nc(C)n1. The van der Waals surface area contributed by atoms with Gasteiger partial charge in [-0.2, -0.15) is 0 Å². The lowest BCUT2D eigenvalue weighted by Crippen LogP contribution is -2.31. The van der Waals surface area contributed by atoms with E-state index in [2.05, 4.69) is 15.3 Å². The van der Waals surface area contributed by atoms with Gasteiger partial charge in [-0.3, -0.25) is 4.79 Å². The summed E-state index contributed by atoms with van der Waals surface area (Å²) in [5.41, 5.74) is 2.74. The maximum Gasteiger partial charge on any atom is 0.256 e. The smallest absolute Gasteiger partial charge is 0.256 e. The number of aryl methyl sites for hydroxylation is 2. The Labute approximate surface area is 152 Å². The molecule has 0 saturated carbocycles. The Hall–Kier alpha value is -2.89. The van der Waals surface area contributed by atoms with Gasteiger partial charge >= 0.3 is 0 Å². The molecule has 1 saturated heterocycles. The molecule has 1 atom stereocenters. The highest BCUT2D eigenvalue weighted by atomic mass is 16.2. The first-order valence-corrected chi connectivity index (χ1v) is 8.97. The van der Waals surface area contributed by atoms with Gasteiger partial charge < -0.3 is 14.8 Å². The van der Waals surface area contributed by atoms with Crippen molar-refractivity contribution in [1.29, 1.82) is 0 Å². The van der Waals surface area contributed by atoms with Crippen molar-refractivity contribution >= 4 is 22.6 Å². The molecule has 0 bridgehead atoms. The van der Waals surface area contributed by atoms with Crippen molar-refractivity contribution in [3.8, 4) is 0 Å². The first kappa shape index (κ1) is 16.6. The summed E-state index contributed by atoms with van der Waals surface area (Å²) < 4.78 is 2.02. The zero-order chi connectivity index (χ0) is 18.3. The molecule has 3 heterocycles. The average Bonchev–Trinajstić information content (AvgIpc) is 3.26. The molecule has 1 aliphatic heterocycles. The molecule has 1 aromatic carbocycles. The number of fused-ring (bicyclic) bond motifs is 1. The normalized spacial score (nSPS) is 17.0. The van der Waals surface area contributed by atoms with Crippen LogP contribution in [0.1, 0.15) is 40.8 Å². The highest BCUT2D eigenvalue weighted by Crippen LogP contribution is 2.34. The second kappa shape index (κ2) is 6.44. The summed E-state index contributed by atoms with van der Waals surface area (Å²) in [7, 11) is 3.83. The molecule has 26 heavy (non-hydrogen) atoms. The number of anilines is 1. The van der Waals surface area contributed by atoms with Crippen LogP contribution in [-0.4, -0.2) is 38.9 Å². The Kier molecular flexibility index (Phi) is 4.11. The van der Waals surface area contributed by atoms with E-state index in [1.807, 2.05) is 67.0 Å². The summed E-state index contributed by atoms with van der Waals surface area (Å²) in [6, 6.07) is 9.98. The highest BCUT2D eigenvalue weighted by molar-refractivity contribution is 6.07. The van der Waals surface area contributed by atoms with Crippen LogP contribution in [0.5, 0.6) is 0 Å². The fourth-order valence-corrected chi connectivity index (χ4v) is 3.87. The van der Waals surface area contributed by atoms with Gasteiger partial charge in [0.1, 0.15) is 11.6 Å². The van der Waals surface area contributed by atoms with Crippen molar-refractivity contribution in [2.45, 2.75) is 25.8 Å². The number of benzene rings is 1. The summed E-state index contributed by atoms with van der Waals surface area (Å²) >= 11 is 0. The van der Waals surface area contributed by atoms with Crippen LogP contribution in [-0.2, 0) is 7.05 Å². The van der Waals surface area contributed by atoms with Gasteiger partial charge in [0.25, 0.3) is 5.91 Å². The lowest BCUT2D eigenvalue weighted by molar-refractivity contribution is 0.0734. The lowest BCUT2D eigenvalue weighted by Gasteiger charge is -2.24. The van der Waals surface area contributed by atoms with Crippen LogP contribution in [0.15, 0.2) is 36.5 Å². The van der Waals surface area contributed by atoms with E-state index in [1.165, 1.54) is 0 Å². The van der Waals surface area contributed by atoms with Gasteiger partial charge in [-0.05, 0) is 25.8 Å². The summed E-state index contributed by atoms with van der Waals surface area (Å²) in [5, 5.41) is 4.08. The molecule has 1 fully saturated rings. The second-order valence-electron chi connectivity index (χ2n) is 6.80. The minimum Gasteiger partial charge on any atom is -0.373 e. The number of amides is 1. The third-order valence-electron chi connectivity index (χ3n) is 5.10. The number of nitrogens with zero attached hydrogens (tertiary/aromatic N) is 4. The van der Waals surface area contributed by atoms with E-state index in [0.29, 0.717) is 0 Å². The largest absolute Gasteiger partial charge is 0.373 e. The van der Waals surface area contributed by atoms with Gasteiger partial charge in [0.05, 0.1) is 17.3 Å². The van der Waals surface area contributed by atoms with Gasteiger partial charge in [0.15, 0.2) is 0 Å². The van der Waals surface area contributed by atoms with E-state index < -0.39 is 0 Å². The van der Waals surface area contributed by atoms with Crippen LogP contribution in [0.4, 0.5) is 5.82 Å². The third kappa shape index (κ3) is 2.71. The Morgan fingerprint density at radius 2 is 2.08 bits per heavy atom. The molecule has 4 rings (SSSR count). The molecule has 6 nitrogen and oxygen atoms in total. The molecule has 1 unspecified atom stereocenters. The predicted molar refractivity (Wildman–Crippen MR) is 102 cm³/mol. The van der Waals surface area contributed by atoms with E-state index in [4.69, 9.17) is 0 Å². The van der Waals surface area contributed by atoms with Gasteiger partial charge in [-0.1, -0.05) is 18.2 Å². The number of para-hydroxylation sites is 1. The lowest BCUT2D eigenvalue weighted by atomic mass is 10.1. The van der Waals surface area contributed by atoms with E-state index in [0.717, 1.165) is 53.2 Å². The van der Waals surface area contributed by atoms with Crippen molar-refractivity contribution in [3.05, 3.63) is 53.6 Å². The molecule has 1 amide bonds. The van der Waals surface area contributed by atoms with Crippen molar-refractivity contribution in [2.75, 3.05) is 18.9 Å². The fourth-order valence-electron chi connectivity index (χ4n) is 3.87. The standard InChI is InChI=1S/C20H23N5O/c1-13-22-16(11-19(21-2)23-13)18-9-6-10-25(18)20(26)15-12-24(3)17-8-5-4-7-14(15)17/h4-5,7-8,11-12,18H,6,9-10H2,1-3H3,(H,21,22,23). The van der Waals surface area contributed by atoms with Crippen LogP contribution in [0.25, 0.3) is 10.9 Å². The molecule has 134 valence electrons. The van der Waals surface area contributed by atoms with Gasteiger partial charge in [-0.15, -0.1) is 0 Å². The predicted octanol–water partition coefficient (Wildman–Crippen LogP) is 3.30. The number of hydrogen-bond donors (Lipinski definition) is 1. The summed E-state index contributed by atoms with van der Waals surface area (Å²) in [5.74, 6) is 1.58. The Balaban J connectivity index is 1.72. The van der Waals surface area contributed by atoms with Crippen molar-refractivity contribution in [1.82, 2.24) is 19.4 Å². The minimum atomic E-state index is -0.00438. The topological polar surface area (TPSA) is 63.1 Å². The van der Waals surface area contributed by atoms with Crippen LogP contribution >= 0.6 is 0 Å². The first-order chi connectivity index (χ1) is 12.6. The molecular formula is C20H23N5O. The number of carbonyl (C=O) groups is 1. The quantitative estimate of drug-likeness (QED) is 0.788. The Morgan fingerprint density at radius 1 is 1.27 bits per heavy atom. The van der Waals surface area contributed by atoms with Crippen LogP contribution in [0, 0.1) is 6.92 Å². The number of likely N-dealkylation sites (tertiary alicyclic amines) is 1. The first-order valence-electron chi connectivity index (χ1n) is 8.97. The molecule has 0 aliphatic carbocycles. The van der Waals surface area contributed by atoms with E-state index in [9.17, 15) is 4.79 Å². The maximum absolute atomic E-state index is 13.4. The Morgan fingerprint density at radius 3 is 2.88 bits per heavy atom. The Bertz CT molecular complexity index is 977. The zero-order valence-corrected chi connectivity index (χ0v) is 15.4. The number of aromatic nitrogens is 3. The number of nitrogens with one attached hydrogen (secondary N) is 1. The third-order valence-corrected chi connectivity index (χ3v) is 5.10.